The van der Waals surface area contributed by atoms with Gasteiger partial charge in [0.25, 0.3) is 0 Å². The highest BCUT2D eigenvalue weighted by molar-refractivity contribution is 5.97. The second-order valence-corrected chi connectivity index (χ2v) is 7.52. The van der Waals surface area contributed by atoms with E-state index < -0.39 is 6.61 Å². The Labute approximate surface area is 136 Å². The molecule has 1 spiro atoms. The van der Waals surface area contributed by atoms with Gasteiger partial charge in [0.15, 0.2) is 5.78 Å². The highest BCUT2D eigenvalue weighted by atomic mass is 16.3. The number of amides is 1. The molecule has 1 saturated carbocycles. The highest BCUT2D eigenvalue weighted by Gasteiger charge is 2.47. The van der Waals surface area contributed by atoms with E-state index in [0.717, 1.165) is 38.6 Å². The second-order valence-electron chi connectivity index (χ2n) is 7.52. The average molecular weight is 313 g/mol. The first kappa shape index (κ1) is 14.9. The number of hydrogen-bond donors (Lipinski definition) is 1. The molecule has 1 N–H and O–H groups in total. The maximum atomic E-state index is 12.5. The van der Waals surface area contributed by atoms with Crippen LogP contribution in [0.15, 0.2) is 18.2 Å². The van der Waals surface area contributed by atoms with E-state index in [1.807, 2.05) is 18.2 Å². The Morgan fingerprint density at radius 3 is 2.78 bits per heavy atom. The third-order valence-corrected chi connectivity index (χ3v) is 6.03. The molecule has 1 amide bonds. The molecule has 0 bridgehead atoms. The summed E-state index contributed by atoms with van der Waals surface area (Å²) < 4.78 is 0. The van der Waals surface area contributed by atoms with Crippen molar-refractivity contribution in [3.8, 4) is 0 Å². The van der Waals surface area contributed by atoms with Crippen LogP contribution in [-0.4, -0.2) is 40.9 Å². The smallest absolute Gasteiger partial charge is 0.223 e. The third-order valence-electron chi connectivity index (χ3n) is 6.03. The number of aliphatic hydroxyl groups is 1. The summed E-state index contributed by atoms with van der Waals surface area (Å²) >= 11 is 0. The van der Waals surface area contributed by atoms with E-state index in [1.54, 1.807) is 0 Å². The molecule has 1 aromatic rings. The molecule has 122 valence electrons. The topological polar surface area (TPSA) is 57.6 Å². The molecule has 0 aromatic heterocycles. The zero-order chi connectivity index (χ0) is 16.0. The molecular formula is C19H23NO3. The average Bonchev–Trinajstić information content (AvgIpc) is 2.80. The van der Waals surface area contributed by atoms with Gasteiger partial charge in [0, 0.05) is 30.0 Å². The molecule has 1 aromatic carbocycles. The van der Waals surface area contributed by atoms with Gasteiger partial charge in [0.05, 0.1) is 0 Å². The van der Waals surface area contributed by atoms with E-state index in [4.69, 9.17) is 5.11 Å². The first-order valence-corrected chi connectivity index (χ1v) is 8.66. The van der Waals surface area contributed by atoms with Crippen molar-refractivity contribution in [3.05, 3.63) is 34.9 Å². The number of fused-ring (bicyclic) bond motifs is 1. The van der Waals surface area contributed by atoms with Crippen LogP contribution < -0.4 is 0 Å². The van der Waals surface area contributed by atoms with Crippen molar-refractivity contribution in [2.24, 2.45) is 5.41 Å². The number of carbonyl (C=O) groups excluding carboxylic acids is 2. The number of aryl methyl sites for hydroxylation is 1. The van der Waals surface area contributed by atoms with Crippen LogP contribution in [0.3, 0.4) is 0 Å². The first-order valence-electron chi connectivity index (χ1n) is 8.66. The Bertz CT molecular complexity index is 665. The van der Waals surface area contributed by atoms with Crippen LogP contribution in [0, 0.1) is 5.41 Å². The van der Waals surface area contributed by atoms with Gasteiger partial charge in [-0.25, -0.2) is 0 Å². The quantitative estimate of drug-likeness (QED) is 0.870. The lowest BCUT2D eigenvalue weighted by molar-refractivity contribution is -0.131. The maximum absolute atomic E-state index is 12.5. The van der Waals surface area contributed by atoms with Crippen LogP contribution in [0.5, 0.6) is 0 Å². The summed E-state index contributed by atoms with van der Waals surface area (Å²) in [7, 11) is 0. The van der Waals surface area contributed by atoms with Crippen molar-refractivity contribution in [2.45, 2.75) is 51.0 Å². The number of ketones is 1. The summed E-state index contributed by atoms with van der Waals surface area (Å²) in [6.07, 6.45) is 7.14. The Morgan fingerprint density at radius 2 is 2.09 bits per heavy atom. The van der Waals surface area contributed by atoms with E-state index in [2.05, 4.69) is 4.90 Å². The molecule has 3 aliphatic rings. The first-order chi connectivity index (χ1) is 11.1. The van der Waals surface area contributed by atoms with Crippen LogP contribution >= 0.6 is 0 Å². The van der Waals surface area contributed by atoms with Gasteiger partial charge in [-0.2, -0.15) is 0 Å². The summed E-state index contributed by atoms with van der Waals surface area (Å²) in [5, 5.41) is 9.06. The van der Waals surface area contributed by atoms with Crippen LogP contribution in [-0.2, 0) is 17.6 Å². The minimum atomic E-state index is -0.447. The minimum absolute atomic E-state index is 0.0561. The molecule has 0 radical (unpaired) electrons. The number of hydrogen-bond acceptors (Lipinski definition) is 3. The normalized spacial score (nSPS) is 27.2. The molecule has 4 nitrogen and oxygen atoms in total. The monoisotopic (exact) mass is 313 g/mol. The number of rotatable bonds is 3. The lowest BCUT2D eigenvalue weighted by Gasteiger charge is -2.38. The summed E-state index contributed by atoms with van der Waals surface area (Å²) in [6.45, 7) is 0.436. The molecule has 4 heteroatoms. The van der Waals surface area contributed by atoms with Gasteiger partial charge in [-0.1, -0.05) is 12.1 Å². The SMILES string of the molecule is O=C(CO)c1ccc2c(c1)CC1(CC2)CC(=O)N(C2CCC2)C1. The Morgan fingerprint density at radius 1 is 1.26 bits per heavy atom. The Hall–Kier alpha value is -1.68. The van der Waals surface area contributed by atoms with Gasteiger partial charge >= 0.3 is 0 Å². The van der Waals surface area contributed by atoms with Gasteiger partial charge in [0.1, 0.15) is 6.61 Å². The fourth-order valence-electron chi connectivity index (χ4n) is 4.44. The van der Waals surface area contributed by atoms with Gasteiger partial charge in [-0.05, 0) is 55.7 Å². The summed E-state index contributed by atoms with van der Waals surface area (Å²) in [5.41, 5.74) is 3.13. The predicted octanol–water partition coefficient (Wildman–Crippen LogP) is 2.12. The Kier molecular flexibility index (Phi) is 3.52. The Balaban J connectivity index is 1.58. The number of Topliss-reactive ketones (excluding diaryl/α,β-unsaturated/α-hetero) is 1. The van der Waals surface area contributed by atoms with Gasteiger partial charge in [0.2, 0.25) is 5.91 Å². The highest BCUT2D eigenvalue weighted by Crippen LogP contribution is 2.45. The molecule has 23 heavy (non-hydrogen) atoms. The lowest BCUT2D eigenvalue weighted by Crippen LogP contribution is -2.42. The number of nitrogens with zero attached hydrogens (tertiary/aromatic N) is 1. The predicted molar refractivity (Wildman–Crippen MR) is 86.3 cm³/mol. The largest absolute Gasteiger partial charge is 0.388 e. The minimum Gasteiger partial charge on any atom is -0.388 e. The fourth-order valence-corrected chi connectivity index (χ4v) is 4.44. The van der Waals surface area contributed by atoms with Crippen molar-refractivity contribution < 1.29 is 14.7 Å². The van der Waals surface area contributed by atoms with Crippen LogP contribution in [0.4, 0.5) is 0 Å². The molecule has 2 fully saturated rings. The second kappa shape index (κ2) is 5.45. The van der Waals surface area contributed by atoms with E-state index in [1.165, 1.54) is 17.5 Å². The standard InChI is InChI=1S/C19H23NO3/c21-11-17(22)14-5-4-13-6-7-19(9-15(13)8-14)10-18(23)20(12-19)16-2-1-3-16/h4-5,8,16,21H,1-3,6-7,9-12H2. The molecule has 1 saturated heterocycles. The molecular weight excluding hydrogens is 290 g/mol. The van der Waals surface area contributed by atoms with E-state index in [9.17, 15) is 9.59 Å². The lowest BCUT2D eigenvalue weighted by atomic mass is 9.70. The fraction of sp³-hybridized carbons (Fsp3) is 0.579. The van der Waals surface area contributed by atoms with Crippen molar-refractivity contribution in [1.29, 1.82) is 0 Å². The summed E-state index contributed by atoms with van der Waals surface area (Å²) in [6, 6.07) is 6.25. The van der Waals surface area contributed by atoms with Crippen molar-refractivity contribution >= 4 is 11.7 Å². The molecule has 2 aliphatic carbocycles. The molecule has 4 rings (SSSR count). The molecule has 1 unspecified atom stereocenters. The van der Waals surface area contributed by atoms with E-state index in [0.29, 0.717) is 23.9 Å². The maximum Gasteiger partial charge on any atom is 0.223 e. The third kappa shape index (κ3) is 2.49. The number of carbonyl (C=O) groups is 2. The molecule has 1 aliphatic heterocycles. The summed E-state index contributed by atoms with van der Waals surface area (Å²) in [4.78, 5) is 26.3. The number of likely N-dealkylation sites (tertiary alicyclic amines) is 1. The molecule has 1 heterocycles. The van der Waals surface area contributed by atoms with Gasteiger partial charge < -0.3 is 10.0 Å². The van der Waals surface area contributed by atoms with Crippen molar-refractivity contribution in [3.63, 3.8) is 0 Å². The zero-order valence-corrected chi connectivity index (χ0v) is 13.4. The van der Waals surface area contributed by atoms with Crippen molar-refractivity contribution in [1.82, 2.24) is 4.90 Å². The van der Waals surface area contributed by atoms with Crippen LogP contribution in [0.2, 0.25) is 0 Å². The molecule has 1 atom stereocenters. The van der Waals surface area contributed by atoms with Gasteiger partial charge in [-0.3, -0.25) is 9.59 Å². The number of aliphatic hydroxyl groups excluding tert-OH is 1. The van der Waals surface area contributed by atoms with Crippen LogP contribution in [0.1, 0.15) is 53.6 Å². The van der Waals surface area contributed by atoms with E-state index >= 15 is 0 Å². The van der Waals surface area contributed by atoms with Gasteiger partial charge in [-0.15, -0.1) is 0 Å². The van der Waals surface area contributed by atoms with Crippen molar-refractivity contribution in [2.75, 3.05) is 13.2 Å². The summed E-state index contributed by atoms with van der Waals surface area (Å²) in [5.74, 6) is 0.0896. The van der Waals surface area contributed by atoms with Crippen LogP contribution in [0.25, 0.3) is 0 Å². The van der Waals surface area contributed by atoms with E-state index in [-0.39, 0.29) is 11.2 Å². The number of benzene rings is 1. The zero-order valence-electron chi connectivity index (χ0n) is 13.4.